The van der Waals surface area contributed by atoms with E-state index in [1.807, 2.05) is 6.07 Å². The zero-order valence-electron chi connectivity index (χ0n) is 11.5. The minimum Gasteiger partial charge on any atom is -0.348 e. The Morgan fingerprint density at radius 3 is 2.56 bits per heavy atom. The van der Waals surface area contributed by atoms with E-state index >= 15 is 0 Å². The molecule has 0 spiro atoms. The quantitative estimate of drug-likeness (QED) is 0.820. The summed E-state index contributed by atoms with van der Waals surface area (Å²) in [6.45, 7) is 6.26. The second kappa shape index (κ2) is 4.39. The molecular formula is C13H22N4O. The molecule has 3 N–H and O–H groups in total. The molecule has 0 aliphatic heterocycles. The molecule has 0 atom stereocenters. The molecule has 1 heterocycles. The van der Waals surface area contributed by atoms with Crippen LogP contribution in [0.1, 0.15) is 49.8 Å². The summed E-state index contributed by atoms with van der Waals surface area (Å²) in [6.07, 6.45) is 1.74. The summed E-state index contributed by atoms with van der Waals surface area (Å²) in [7, 11) is 1.80. The lowest BCUT2D eigenvalue weighted by molar-refractivity contribution is 0.0900. The Balaban J connectivity index is 2.08. The van der Waals surface area contributed by atoms with Crippen LogP contribution >= 0.6 is 0 Å². The standard InChI is InChI=1S/C13H22N4O/c1-13(2,3)11-7-10(17(4)16-11)12(18)15-9-5-8(14)6-9/h7-9H,5-6,14H2,1-4H3,(H,15,18). The van der Waals surface area contributed by atoms with Crippen molar-refractivity contribution < 1.29 is 4.79 Å². The van der Waals surface area contributed by atoms with E-state index in [9.17, 15) is 4.79 Å². The van der Waals surface area contributed by atoms with Gasteiger partial charge in [-0.1, -0.05) is 20.8 Å². The van der Waals surface area contributed by atoms with Gasteiger partial charge in [-0.2, -0.15) is 5.10 Å². The summed E-state index contributed by atoms with van der Waals surface area (Å²) in [6, 6.07) is 2.33. The van der Waals surface area contributed by atoms with E-state index in [0.717, 1.165) is 18.5 Å². The highest BCUT2D eigenvalue weighted by Crippen LogP contribution is 2.22. The molecule has 5 nitrogen and oxygen atoms in total. The van der Waals surface area contributed by atoms with E-state index in [4.69, 9.17) is 5.73 Å². The molecule has 1 saturated carbocycles. The number of aryl methyl sites for hydroxylation is 1. The SMILES string of the molecule is Cn1nc(C(C)(C)C)cc1C(=O)NC1CC(N)C1. The molecule has 1 amide bonds. The van der Waals surface area contributed by atoms with Crippen molar-refractivity contribution in [3.8, 4) is 0 Å². The molecule has 1 fully saturated rings. The van der Waals surface area contributed by atoms with Crippen molar-refractivity contribution >= 4 is 5.91 Å². The van der Waals surface area contributed by atoms with Crippen LogP contribution in [0.25, 0.3) is 0 Å². The highest BCUT2D eigenvalue weighted by atomic mass is 16.2. The molecule has 1 aliphatic carbocycles. The Hall–Kier alpha value is -1.36. The zero-order valence-corrected chi connectivity index (χ0v) is 11.5. The number of hydrogen-bond donors (Lipinski definition) is 2. The fraction of sp³-hybridized carbons (Fsp3) is 0.692. The lowest BCUT2D eigenvalue weighted by atomic mass is 9.87. The maximum Gasteiger partial charge on any atom is 0.269 e. The van der Waals surface area contributed by atoms with Gasteiger partial charge in [-0.3, -0.25) is 9.48 Å². The minimum absolute atomic E-state index is 0.0465. The molecule has 0 unspecified atom stereocenters. The van der Waals surface area contributed by atoms with Crippen molar-refractivity contribution in [2.45, 2.75) is 51.1 Å². The Morgan fingerprint density at radius 1 is 1.50 bits per heavy atom. The lowest BCUT2D eigenvalue weighted by Crippen LogP contribution is -2.50. The van der Waals surface area contributed by atoms with Gasteiger partial charge in [-0.05, 0) is 18.9 Å². The molecular weight excluding hydrogens is 228 g/mol. The summed E-state index contributed by atoms with van der Waals surface area (Å²) < 4.78 is 1.65. The zero-order chi connectivity index (χ0) is 13.5. The second-order valence-electron chi connectivity index (χ2n) is 6.19. The van der Waals surface area contributed by atoms with Crippen LogP contribution in [0.5, 0.6) is 0 Å². The monoisotopic (exact) mass is 250 g/mol. The lowest BCUT2D eigenvalue weighted by Gasteiger charge is -2.32. The first-order valence-corrected chi connectivity index (χ1v) is 6.38. The molecule has 100 valence electrons. The van der Waals surface area contributed by atoms with E-state index in [-0.39, 0.29) is 23.4 Å². The van der Waals surface area contributed by atoms with E-state index in [2.05, 4.69) is 31.2 Å². The Kier molecular flexibility index (Phi) is 3.19. The molecule has 18 heavy (non-hydrogen) atoms. The minimum atomic E-state index is -0.0580. The van der Waals surface area contributed by atoms with Crippen molar-refractivity contribution in [3.63, 3.8) is 0 Å². The molecule has 1 aliphatic rings. The number of carbonyl (C=O) groups excluding carboxylic acids is 1. The molecule has 0 saturated heterocycles. The second-order valence-corrected chi connectivity index (χ2v) is 6.19. The highest BCUT2D eigenvalue weighted by molar-refractivity contribution is 5.93. The maximum atomic E-state index is 12.1. The van der Waals surface area contributed by atoms with Gasteiger partial charge in [0.15, 0.2) is 0 Å². The van der Waals surface area contributed by atoms with Crippen molar-refractivity contribution in [3.05, 3.63) is 17.5 Å². The van der Waals surface area contributed by atoms with Gasteiger partial charge < -0.3 is 11.1 Å². The molecule has 0 radical (unpaired) electrons. The van der Waals surface area contributed by atoms with Gasteiger partial charge in [0.2, 0.25) is 0 Å². The number of nitrogens with zero attached hydrogens (tertiary/aromatic N) is 2. The third-order valence-electron chi connectivity index (χ3n) is 3.39. The Bertz CT molecular complexity index is 452. The average molecular weight is 250 g/mol. The summed E-state index contributed by atoms with van der Waals surface area (Å²) in [5.41, 5.74) is 7.20. The number of aromatic nitrogens is 2. The van der Waals surface area contributed by atoms with Crippen LogP contribution in [-0.2, 0) is 12.5 Å². The first kappa shape index (κ1) is 13.1. The fourth-order valence-electron chi connectivity index (χ4n) is 2.09. The van der Waals surface area contributed by atoms with Gasteiger partial charge in [0.1, 0.15) is 5.69 Å². The molecule has 1 aromatic heterocycles. The smallest absolute Gasteiger partial charge is 0.269 e. The molecule has 1 aromatic rings. The number of hydrogen-bond acceptors (Lipinski definition) is 3. The van der Waals surface area contributed by atoms with Gasteiger partial charge in [0.25, 0.3) is 5.91 Å². The topological polar surface area (TPSA) is 72.9 Å². The van der Waals surface area contributed by atoms with E-state index in [1.54, 1.807) is 11.7 Å². The van der Waals surface area contributed by atoms with Gasteiger partial charge in [0, 0.05) is 24.5 Å². The fourth-order valence-corrected chi connectivity index (χ4v) is 2.09. The predicted molar refractivity (Wildman–Crippen MR) is 70.4 cm³/mol. The molecule has 0 bridgehead atoms. The van der Waals surface area contributed by atoms with Crippen molar-refractivity contribution in [1.29, 1.82) is 0 Å². The van der Waals surface area contributed by atoms with Crippen LogP contribution in [0.15, 0.2) is 6.07 Å². The largest absolute Gasteiger partial charge is 0.348 e. The number of nitrogens with two attached hydrogens (primary N) is 1. The van der Waals surface area contributed by atoms with Gasteiger partial charge in [-0.25, -0.2) is 0 Å². The van der Waals surface area contributed by atoms with Crippen molar-refractivity contribution in [1.82, 2.24) is 15.1 Å². The van der Waals surface area contributed by atoms with Crippen LogP contribution < -0.4 is 11.1 Å². The van der Waals surface area contributed by atoms with Crippen LogP contribution in [0, 0.1) is 0 Å². The first-order valence-electron chi connectivity index (χ1n) is 6.38. The normalized spacial score (nSPS) is 23.6. The van der Waals surface area contributed by atoms with E-state index in [0.29, 0.717) is 5.69 Å². The molecule has 0 aromatic carbocycles. The van der Waals surface area contributed by atoms with Gasteiger partial charge in [0.05, 0.1) is 5.69 Å². The van der Waals surface area contributed by atoms with Crippen molar-refractivity contribution in [2.75, 3.05) is 0 Å². The van der Waals surface area contributed by atoms with E-state index < -0.39 is 0 Å². The number of rotatable bonds is 2. The number of carbonyl (C=O) groups is 1. The predicted octanol–water partition coefficient (Wildman–Crippen LogP) is 0.937. The number of amides is 1. The van der Waals surface area contributed by atoms with Crippen LogP contribution in [0.2, 0.25) is 0 Å². The molecule has 2 rings (SSSR count). The maximum absolute atomic E-state index is 12.1. The number of nitrogens with one attached hydrogen (secondary N) is 1. The third kappa shape index (κ3) is 2.56. The van der Waals surface area contributed by atoms with Crippen molar-refractivity contribution in [2.24, 2.45) is 12.8 Å². The summed E-state index contributed by atoms with van der Waals surface area (Å²) in [5, 5.41) is 7.39. The Labute approximate surface area is 108 Å². The first-order chi connectivity index (χ1) is 8.27. The van der Waals surface area contributed by atoms with Gasteiger partial charge >= 0.3 is 0 Å². The van der Waals surface area contributed by atoms with Gasteiger partial charge in [-0.15, -0.1) is 0 Å². The molecule has 5 heteroatoms. The van der Waals surface area contributed by atoms with Crippen LogP contribution in [0.3, 0.4) is 0 Å². The third-order valence-corrected chi connectivity index (χ3v) is 3.39. The van der Waals surface area contributed by atoms with E-state index in [1.165, 1.54) is 0 Å². The van der Waals surface area contributed by atoms with Crippen LogP contribution in [-0.4, -0.2) is 27.8 Å². The summed E-state index contributed by atoms with van der Waals surface area (Å²) in [4.78, 5) is 12.1. The summed E-state index contributed by atoms with van der Waals surface area (Å²) >= 11 is 0. The van der Waals surface area contributed by atoms with Crippen LogP contribution in [0.4, 0.5) is 0 Å². The summed E-state index contributed by atoms with van der Waals surface area (Å²) in [5.74, 6) is -0.0580. The average Bonchev–Trinajstić information content (AvgIpc) is 2.57. The Morgan fingerprint density at radius 2 is 2.11 bits per heavy atom. The highest BCUT2D eigenvalue weighted by Gasteiger charge is 2.29.